The first-order valence-corrected chi connectivity index (χ1v) is 11.6. The largest absolute Gasteiger partial charge is 0.327 e. The van der Waals surface area contributed by atoms with E-state index in [9.17, 15) is 9.59 Å². The number of nitrogens with zero attached hydrogens (tertiary/aromatic N) is 5. The van der Waals surface area contributed by atoms with Crippen LogP contribution < -0.4 is 4.90 Å². The number of rotatable bonds is 4. The van der Waals surface area contributed by atoms with Crippen molar-refractivity contribution in [1.29, 1.82) is 0 Å². The van der Waals surface area contributed by atoms with Gasteiger partial charge in [-0.3, -0.25) is 19.5 Å². The summed E-state index contributed by atoms with van der Waals surface area (Å²) in [6.45, 7) is 3.10. The minimum atomic E-state index is -0.229. The van der Waals surface area contributed by atoms with Crippen molar-refractivity contribution >= 4 is 17.6 Å². The Kier molecular flexibility index (Phi) is 5.86. The highest BCUT2D eigenvalue weighted by Crippen LogP contribution is 2.35. The Bertz CT molecular complexity index is 1170. The number of benzene rings is 1. The van der Waals surface area contributed by atoms with Crippen LogP contribution in [0.5, 0.6) is 0 Å². The lowest BCUT2D eigenvalue weighted by Gasteiger charge is -2.36. The van der Waals surface area contributed by atoms with Gasteiger partial charge in [0.15, 0.2) is 5.82 Å². The van der Waals surface area contributed by atoms with Crippen molar-refractivity contribution in [3.05, 3.63) is 83.1 Å². The number of amides is 2. The molecule has 0 aliphatic carbocycles. The first kappa shape index (κ1) is 21.2. The number of fused-ring (bicyclic) bond motifs is 1. The summed E-state index contributed by atoms with van der Waals surface area (Å²) < 4.78 is 0. The van der Waals surface area contributed by atoms with Crippen LogP contribution in [0.1, 0.15) is 64.9 Å². The van der Waals surface area contributed by atoms with E-state index in [1.165, 1.54) is 0 Å². The Hall–Kier alpha value is -3.61. The van der Waals surface area contributed by atoms with E-state index < -0.39 is 0 Å². The van der Waals surface area contributed by atoms with E-state index in [1.807, 2.05) is 48.2 Å². The van der Waals surface area contributed by atoms with Crippen LogP contribution in [-0.2, 0) is 17.8 Å². The predicted molar refractivity (Wildman–Crippen MR) is 125 cm³/mol. The smallest absolute Gasteiger partial charge is 0.273 e. The molecule has 5 rings (SSSR count). The summed E-state index contributed by atoms with van der Waals surface area (Å²) in [4.78, 5) is 43.8. The molecule has 2 amide bonds. The van der Waals surface area contributed by atoms with Gasteiger partial charge in [0, 0.05) is 30.4 Å². The van der Waals surface area contributed by atoms with Crippen molar-refractivity contribution in [3.8, 4) is 0 Å². The fraction of sp³-hybridized carbons (Fsp3) is 0.346. The van der Waals surface area contributed by atoms with Crippen LogP contribution in [0.25, 0.3) is 0 Å². The summed E-state index contributed by atoms with van der Waals surface area (Å²) in [6, 6.07) is 15.1. The number of pyridine rings is 1. The van der Waals surface area contributed by atoms with E-state index in [0.29, 0.717) is 43.3 Å². The van der Waals surface area contributed by atoms with Crippen LogP contribution in [0.2, 0.25) is 0 Å². The van der Waals surface area contributed by atoms with Gasteiger partial charge in [0.25, 0.3) is 5.91 Å². The molecule has 0 unspecified atom stereocenters. The van der Waals surface area contributed by atoms with E-state index in [1.54, 1.807) is 23.2 Å². The summed E-state index contributed by atoms with van der Waals surface area (Å²) in [6.07, 6.45) is 5.48. The third-order valence-corrected chi connectivity index (χ3v) is 6.48. The molecule has 4 heterocycles. The molecule has 168 valence electrons. The van der Waals surface area contributed by atoms with Gasteiger partial charge in [-0.1, -0.05) is 36.4 Å². The van der Waals surface area contributed by atoms with Gasteiger partial charge in [0.2, 0.25) is 5.91 Å². The average Bonchev–Trinajstić information content (AvgIpc) is 2.86. The average molecular weight is 442 g/mol. The van der Waals surface area contributed by atoms with Gasteiger partial charge >= 0.3 is 0 Å². The Morgan fingerprint density at radius 3 is 2.64 bits per heavy atom. The Labute approximate surface area is 193 Å². The number of hydrogen-bond donors (Lipinski definition) is 0. The zero-order valence-electron chi connectivity index (χ0n) is 18.8. The van der Waals surface area contributed by atoms with Crippen LogP contribution in [0.15, 0.2) is 54.7 Å². The van der Waals surface area contributed by atoms with Crippen molar-refractivity contribution in [2.24, 2.45) is 0 Å². The number of likely N-dealkylation sites (tertiary alicyclic amines) is 1. The SMILES string of the molecule is Cc1nc([C@H]2CCCCN2C(=O)c2ccccn2)nc2c1CCC(=O)N2Cc1ccccc1. The van der Waals surface area contributed by atoms with Crippen molar-refractivity contribution < 1.29 is 9.59 Å². The van der Waals surface area contributed by atoms with Gasteiger partial charge in [-0.25, -0.2) is 9.97 Å². The predicted octanol–water partition coefficient (Wildman–Crippen LogP) is 4.03. The number of aryl methyl sites for hydroxylation is 1. The molecule has 0 bridgehead atoms. The van der Waals surface area contributed by atoms with Gasteiger partial charge < -0.3 is 4.90 Å². The second-order valence-electron chi connectivity index (χ2n) is 8.66. The molecular formula is C26H27N5O2. The van der Waals surface area contributed by atoms with Gasteiger partial charge in [-0.15, -0.1) is 0 Å². The molecule has 1 aromatic carbocycles. The van der Waals surface area contributed by atoms with E-state index in [0.717, 1.165) is 36.1 Å². The lowest BCUT2D eigenvalue weighted by molar-refractivity contribution is -0.119. The van der Waals surface area contributed by atoms with Crippen LogP contribution in [0.3, 0.4) is 0 Å². The lowest BCUT2D eigenvalue weighted by Crippen LogP contribution is -2.41. The first-order valence-electron chi connectivity index (χ1n) is 11.6. The fourth-order valence-electron chi connectivity index (χ4n) is 4.76. The van der Waals surface area contributed by atoms with Crippen LogP contribution in [0.4, 0.5) is 5.82 Å². The summed E-state index contributed by atoms with van der Waals surface area (Å²) in [5, 5.41) is 0. The molecule has 1 saturated heterocycles. The molecule has 1 fully saturated rings. The maximum Gasteiger partial charge on any atom is 0.273 e. The molecule has 2 aliphatic heterocycles. The fourth-order valence-corrected chi connectivity index (χ4v) is 4.76. The number of anilines is 1. The molecule has 33 heavy (non-hydrogen) atoms. The highest BCUT2D eigenvalue weighted by atomic mass is 16.2. The summed E-state index contributed by atoms with van der Waals surface area (Å²) in [5.74, 6) is 1.27. The highest BCUT2D eigenvalue weighted by molar-refractivity contribution is 5.95. The molecule has 7 heteroatoms. The van der Waals surface area contributed by atoms with E-state index in [-0.39, 0.29) is 17.9 Å². The molecule has 0 N–H and O–H groups in total. The van der Waals surface area contributed by atoms with E-state index >= 15 is 0 Å². The summed E-state index contributed by atoms with van der Waals surface area (Å²) in [7, 11) is 0. The first-order chi connectivity index (χ1) is 16.1. The van der Waals surface area contributed by atoms with Crippen molar-refractivity contribution in [1.82, 2.24) is 19.9 Å². The van der Waals surface area contributed by atoms with Crippen molar-refractivity contribution in [2.45, 2.75) is 51.6 Å². The summed E-state index contributed by atoms with van der Waals surface area (Å²) >= 11 is 0. The normalized spacial score (nSPS) is 18.2. The van der Waals surface area contributed by atoms with Gasteiger partial charge in [-0.05, 0) is 50.3 Å². The van der Waals surface area contributed by atoms with E-state index in [4.69, 9.17) is 9.97 Å². The topological polar surface area (TPSA) is 79.3 Å². The molecular weight excluding hydrogens is 414 g/mol. The molecule has 0 spiro atoms. The minimum Gasteiger partial charge on any atom is -0.327 e. The van der Waals surface area contributed by atoms with Crippen LogP contribution >= 0.6 is 0 Å². The highest BCUT2D eigenvalue weighted by Gasteiger charge is 2.34. The molecule has 0 radical (unpaired) electrons. The van der Waals surface area contributed by atoms with Gasteiger partial charge in [0.1, 0.15) is 11.5 Å². The van der Waals surface area contributed by atoms with Gasteiger partial charge in [0.05, 0.1) is 12.6 Å². The van der Waals surface area contributed by atoms with Crippen molar-refractivity contribution in [3.63, 3.8) is 0 Å². The number of carbonyl (C=O) groups excluding carboxylic acids is 2. The zero-order valence-corrected chi connectivity index (χ0v) is 18.8. The third-order valence-electron chi connectivity index (χ3n) is 6.48. The second-order valence-corrected chi connectivity index (χ2v) is 8.66. The number of aromatic nitrogens is 3. The molecule has 0 saturated carbocycles. The molecule has 3 aromatic rings. The second kappa shape index (κ2) is 9.10. The molecule has 1 atom stereocenters. The molecule has 2 aliphatic rings. The quantitative estimate of drug-likeness (QED) is 0.611. The summed E-state index contributed by atoms with van der Waals surface area (Å²) in [5.41, 5.74) is 3.39. The zero-order chi connectivity index (χ0) is 22.8. The number of carbonyl (C=O) groups is 2. The van der Waals surface area contributed by atoms with Crippen LogP contribution in [0, 0.1) is 6.92 Å². The van der Waals surface area contributed by atoms with Crippen LogP contribution in [-0.4, -0.2) is 38.2 Å². The van der Waals surface area contributed by atoms with Gasteiger partial charge in [-0.2, -0.15) is 0 Å². The Morgan fingerprint density at radius 1 is 1.03 bits per heavy atom. The Balaban J connectivity index is 1.51. The van der Waals surface area contributed by atoms with E-state index in [2.05, 4.69) is 4.98 Å². The molecule has 7 nitrogen and oxygen atoms in total. The minimum absolute atomic E-state index is 0.0699. The third kappa shape index (κ3) is 4.23. The standard InChI is InChI=1S/C26H27N5O2/c1-18-20-13-14-23(32)31(17-19-9-3-2-4-10-19)25(20)29-24(28-18)22-12-6-8-16-30(22)26(33)21-11-5-7-15-27-21/h2-5,7,9-11,15,22H,6,8,12-14,16-17H2,1H3/t22-/m1/s1. The maximum absolute atomic E-state index is 13.3. The maximum atomic E-state index is 13.3. The van der Waals surface area contributed by atoms with Crippen molar-refractivity contribution in [2.75, 3.05) is 11.4 Å². The number of piperidine rings is 1. The lowest BCUT2D eigenvalue weighted by atomic mass is 9.98. The number of hydrogen-bond acceptors (Lipinski definition) is 5. The molecule has 2 aromatic heterocycles. The Morgan fingerprint density at radius 2 is 1.85 bits per heavy atom. The monoisotopic (exact) mass is 441 g/mol.